The van der Waals surface area contributed by atoms with E-state index in [2.05, 4.69) is 18.7 Å². The van der Waals surface area contributed by atoms with Crippen molar-refractivity contribution in [1.29, 1.82) is 0 Å². The summed E-state index contributed by atoms with van der Waals surface area (Å²) in [6.45, 7) is 4.42. The molecule has 2 heteroatoms. The third-order valence-corrected chi connectivity index (χ3v) is 2.71. The number of hydrogen-bond donors (Lipinski definition) is 0. The number of rotatable bonds is 5. The number of benzene rings is 1. The predicted molar refractivity (Wildman–Crippen MR) is 54.8 cm³/mol. The molecule has 1 aromatic carbocycles. The minimum absolute atomic E-state index is 0.351. The molecule has 0 fully saturated rings. The van der Waals surface area contributed by atoms with Crippen molar-refractivity contribution in [1.82, 2.24) is 0 Å². The minimum Gasteiger partial charge on any atom is -0.419 e. The van der Waals surface area contributed by atoms with E-state index in [4.69, 9.17) is 4.43 Å². The smallest absolute Gasteiger partial charge is 0.165 e. The van der Waals surface area contributed by atoms with E-state index in [1.54, 1.807) is 0 Å². The average molecular weight is 178 g/mol. The molecule has 1 nitrogen and oxygen atoms in total. The van der Waals surface area contributed by atoms with Crippen LogP contribution in [0.2, 0.25) is 6.04 Å². The molecule has 0 saturated heterocycles. The van der Waals surface area contributed by atoms with Gasteiger partial charge in [0.25, 0.3) is 0 Å². The van der Waals surface area contributed by atoms with Crippen LogP contribution in [0.5, 0.6) is 0 Å². The maximum atomic E-state index is 5.53. The van der Waals surface area contributed by atoms with Gasteiger partial charge >= 0.3 is 0 Å². The molecule has 0 aliphatic carbocycles. The first-order chi connectivity index (χ1) is 5.93. The summed E-state index contributed by atoms with van der Waals surface area (Å²) in [5, 5.41) is 0. The molecule has 0 spiro atoms. The highest BCUT2D eigenvalue weighted by atomic mass is 28.2. The Balaban J connectivity index is 2.20. The quantitative estimate of drug-likeness (QED) is 0.380. The second-order valence-corrected chi connectivity index (χ2v) is 4.01. The highest BCUT2D eigenvalue weighted by Gasteiger charge is 1.89. The van der Waals surface area contributed by atoms with Gasteiger partial charge in [0.15, 0.2) is 9.76 Å². The lowest BCUT2D eigenvalue weighted by Crippen LogP contribution is -1.96. The Bertz CT molecular complexity index is 221. The van der Waals surface area contributed by atoms with Crippen molar-refractivity contribution in [3.05, 3.63) is 48.6 Å². The fourth-order valence-corrected chi connectivity index (χ4v) is 1.64. The van der Waals surface area contributed by atoms with Gasteiger partial charge in [-0.3, -0.25) is 0 Å². The molecule has 1 rings (SSSR count). The fraction of sp³-hybridized carbons (Fsp3) is 0.200. The number of allylic oxidation sites excluding steroid dienone is 1. The van der Waals surface area contributed by atoms with Crippen LogP contribution in [0.15, 0.2) is 43.0 Å². The summed E-state index contributed by atoms with van der Waals surface area (Å²) in [7, 11) is -0.351. The van der Waals surface area contributed by atoms with E-state index < -0.39 is 0 Å². The lowest BCUT2D eigenvalue weighted by Gasteiger charge is -2.01. The standard InChI is InChI=1S/C10H14OSi/c1-2-8-12-11-9-10-6-4-3-5-7-10/h2-7H,1,8-9,12H2. The fourth-order valence-electron chi connectivity index (χ4n) is 0.931. The lowest BCUT2D eigenvalue weighted by molar-refractivity contribution is 0.325. The van der Waals surface area contributed by atoms with Crippen LogP contribution in [0.3, 0.4) is 0 Å². The van der Waals surface area contributed by atoms with Crippen molar-refractivity contribution in [3.63, 3.8) is 0 Å². The Morgan fingerprint density at radius 1 is 1.33 bits per heavy atom. The monoisotopic (exact) mass is 178 g/mol. The van der Waals surface area contributed by atoms with Gasteiger partial charge in [-0.05, 0) is 11.6 Å². The third-order valence-electron chi connectivity index (χ3n) is 1.58. The summed E-state index contributed by atoms with van der Waals surface area (Å²) in [5.74, 6) is 0. The van der Waals surface area contributed by atoms with Crippen molar-refractivity contribution in [2.45, 2.75) is 12.7 Å². The van der Waals surface area contributed by atoms with Crippen LogP contribution in [0, 0.1) is 0 Å². The molecule has 0 heterocycles. The van der Waals surface area contributed by atoms with Crippen molar-refractivity contribution in [2.24, 2.45) is 0 Å². The Morgan fingerprint density at radius 3 is 2.75 bits per heavy atom. The highest BCUT2D eigenvalue weighted by molar-refractivity contribution is 6.27. The molecule has 0 aliphatic heterocycles. The van der Waals surface area contributed by atoms with E-state index in [0.717, 1.165) is 12.7 Å². The molecule has 1 aromatic rings. The molecule has 64 valence electrons. The molecule has 0 atom stereocenters. The predicted octanol–water partition coefficient (Wildman–Crippen LogP) is 1.89. The van der Waals surface area contributed by atoms with Crippen LogP contribution in [0.25, 0.3) is 0 Å². The third kappa shape index (κ3) is 3.51. The van der Waals surface area contributed by atoms with Crippen molar-refractivity contribution in [3.8, 4) is 0 Å². The molecule has 0 saturated carbocycles. The van der Waals surface area contributed by atoms with Gasteiger partial charge in [0, 0.05) is 0 Å². The van der Waals surface area contributed by atoms with Gasteiger partial charge in [-0.25, -0.2) is 0 Å². The van der Waals surface area contributed by atoms with Crippen molar-refractivity contribution in [2.75, 3.05) is 0 Å². The zero-order chi connectivity index (χ0) is 8.65. The van der Waals surface area contributed by atoms with E-state index in [0.29, 0.717) is 0 Å². The lowest BCUT2D eigenvalue weighted by atomic mass is 10.2. The summed E-state index contributed by atoms with van der Waals surface area (Å²) in [4.78, 5) is 0. The van der Waals surface area contributed by atoms with Gasteiger partial charge in [0.2, 0.25) is 0 Å². The van der Waals surface area contributed by atoms with Gasteiger partial charge in [0.05, 0.1) is 6.61 Å². The molecular weight excluding hydrogens is 164 g/mol. The van der Waals surface area contributed by atoms with Gasteiger partial charge in [-0.15, -0.1) is 6.58 Å². The molecule has 0 unspecified atom stereocenters. The zero-order valence-corrected chi connectivity index (χ0v) is 8.61. The molecule has 12 heavy (non-hydrogen) atoms. The number of hydrogen-bond acceptors (Lipinski definition) is 1. The molecule has 0 radical (unpaired) electrons. The second kappa shape index (κ2) is 5.74. The van der Waals surface area contributed by atoms with E-state index in [9.17, 15) is 0 Å². The first-order valence-electron chi connectivity index (χ1n) is 4.16. The Hall–Kier alpha value is -0.863. The van der Waals surface area contributed by atoms with Gasteiger partial charge in [0.1, 0.15) is 0 Å². The first kappa shape index (κ1) is 9.23. The molecule has 0 bridgehead atoms. The summed E-state index contributed by atoms with van der Waals surface area (Å²) in [6, 6.07) is 11.3. The summed E-state index contributed by atoms with van der Waals surface area (Å²) >= 11 is 0. The van der Waals surface area contributed by atoms with E-state index in [-0.39, 0.29) is 9.76 Å². The molecular formula is C10H14OSi. The molecule has 0 N–H and O–H groups in total. The Kier molecular flexibility index (Phi) is 4.42. The van der Waals surface area contributed by atoms with Crippen LogP contribution >= 0.6 is 0 Å². The highest BCUT2D eigenvalue weighted by Crippen LogP contribution is 1.99. The van der Waals surface area contributed by atoms with Crippen molar-refractivity contribution < 1.29 is 4.43 Å². The van der Waals surface area contributed by atoms with E-state index in [1.165, 1.54) is 5.56 Å². The van der Waals surface area contributed by atoms with Crippen LogP contribution in [0.4, 0.5) is 0 Å². The topological polar surface area (TPSA) is 9.23 Å². The Labute approximate surface area is 76.0 Å². The van der Waals surface area contributed by atoms with Gasteiger partial charge in [-0.2, -0.15) is 0 Å². The summed E-state index contributed by atoms with van der Waals surface area (Å²) in [5.41, 5.74) is 1.26. The minimum atomic E-state index is -0.351. The SMILES string of the molecule is C=CC[SiH2]OCc1ccccc1. The second-order valence-electron chi connectivity index (χ2n) is 2.62. The summed E-state index contributed by atoms with van der Waals surface area (Å²) < 4.78 is 5.53. The van der Waals surface area contributed by atoms with Crippen LogP contribution in [-0.4, -0.2) is 9.76 Å². The van der Waals surface area contributed by atoms with Crippen LogP contribution < -0.4 is 0 Å². The zero-order valence-electron chi connectivity index (χ0n) is 7.20. The normalized spacial score (nSPS) is 10.7. The van der Waals surface area contributed by atoms with Gasteiger partial charge < -0.3 is 4.43 Å². The first-order valence-corrected chi connectivity index (χ1v) is 5.74. The maximum absolute atomic E-state index is 5.53. The van der Waals surface area contributed by atoms with E-state index >= 15 is 0 Å². The van der Waals surface area contributed by atoms with Gasteiger partial charge in [-0.1, -0.05) is 36.4 Å². The van der Waals surface area contributed by atoms with Crippen LogP contribution in [-0.2, 0) is 11.0 Å². The summed E-state index contributed by atoms with van der Waals surface area (Å²) in [6.07, 6.45) is 1.93. The maximum Gasteiger partial charge on any atom is 0.165 e. The Morgan fingerprint density at radius 2 is 2.08 bits per heavy atom. The largest absolute Gasteiger partial charge is 0.419 e. The van der Waals surface area contributed by atoms with Crippen molar-refractivity contribution >= 4 is 9.76 Å². The molecule has 0 aromatic heterocycles. The molecule has 0 aliphatic rings. The molecule has 0 amide bonds. The average Bonchev–Trinajstić information content (AvgIpc) is 2.14. The van der Waals surface area contributed by atoms with E-state index in [1.807, 2.05) is 24.3 Å². The van der Waals surface area contributed by atoms with Crippen LogP contribution in [0.1, 0.15) is 5.56 Å².